The number of nitrogens with one attached hydrogen (secondary N) is 1. The van der Waals surface area contributed by atoms with Gasteiger partial charge in [0, 0.05) is 12.8 Å². The van der Waals surface area contributed by atoms with Crippen LogP contribution in [0.15, 0.2) is 0 Å². The summed E-state index contributed by atoms with van der Waals surface area (Å²) < 4.78 is 9.55. The predicted molar refractivity (Wildman–Crippen MR) is 71.8 cm³/mol. The van der Waals surface area contributed by atoms with Gasteiger partial charge in [0.05, 0.1) is 19.1 Å². The standard InChI is InChI=1S/C12H21ClN2O5.ClH/c1-3-19-11(17)8(14)5-6-10(16)15-9(7-13)12(18)20-4-2;/h8-9H,3-7,14H2,1-2H3,(H,15,16);1H/t8-,9-;/m0./s1. The lowest BCUT2D eigenvalue weighted by atomic mass is 10.1. The molecule has 9 heteroatoms. The van der Waals surface area contributed by atoms with E-state index in [9.17, 15) is 14.4 Å². The third kappa shape index (κ3) is 9.49. The number of hydrogen-bond donors (Lipinski definition) is 2. The highest BCUT2D eigenvalue weighted by Gasteiger charge is 2.23. The first-order chi connectivity index (χ1) is 9.46. The maximum Gasteiger partial charge on any atom is 0.364 e. The quantitative estimate of drug-likeness (QED) is 0.329. The monoisotopic (exact) mass is 344 g/mol. The van der Waals surface area contributed by atoms with E-state index in [1.54, 1.807) is 13.8 Å². The lowest BCUT2D eigenvalue weighted by Crippen LogP contribution is -3.00. The van der Waals surface area contributed by atoms with Gasteiger partial charge in [-0.25, -0.2) is 9.59 Å². The van der Waals surface area contributed by atoms with Crippen molar-refractivity contribution in [1.82, 2.24) is 5.32 Å². The molecule has 1 amide bonds. The van der Waals surface area contributed by atoms with Crippen molar-refractivity contribution in [2.45, 2.75) is 38.8 Å². The van der Waals surface area contributed by atoms with Crippen LogP contribution in [0.2, 0.25) is 0 Å². The molecule has 0 aliphatic carbocycles. The van der Waals surface area contributed by atoms with Gasteiger partial charge < -0.3 is 32.9 Å². The Morgan fingerprint density at radius 1 is 1.14 bits per heavy atom. The Balaban J connectivity index is 0. The summed E-state index contributed by atoms with van der Waals surface area (Å²) in [6, 6.07) is -1.49. The second-order valence-corrected chi connectivity index (χ2v) is 4.32. The normalized spacial score (nSPS) is 12.6. The zero-order valence-electron chi connectivity index (χ0n) is 12.2. The van der Waals surface area contributed by atoms with Crippen molar-refractivity contribution in [3.8, 4) is 0 Å². The predicted octanol–water partition coefficient (Wildman–Crippen LogP) is -3.77. The van der Waals surface area contributed by atoms with Crippen LogP contribution in [0.25, 0.3) is 0 Å². The first kappa shape index (κ1) is 22.2. The summed E-state index contributed by atoms with van der Waals surface area (Å²) in [7, 11) is 0. The maximum atomic E-state index is 11.6. The van der Waals surface area contributed by atoms with E-state index >= 15 is 0 Å². The van der Waals surface area contributed by atoms with Crippen LogP contribution in [0.5, 0.6) is 0 Å². The molecule has 7 nitrogen and oxygen atoms in total. The topological polar surface area (TPSA) is 109 Å². The first-order valence-corrected chi connectivity index (χ1v) is 7.01. The highest BCUT2D eigenvalue weighted by molar-refractivity contribution is 6.19. The molecule has 124 valence electrons. The van der Waals surface area contributed by atoms with Crippen molar-refractivity contribution in [2.75, 3.05) is 19.1 Å². The molecular weight excluding hydrogens is 323 g/mol. The molecule has 0 aromatic heterocycles. The minimum atomic E-state index is -0.880. The molecule has 0 unspecified atom stereocenters. The Morgan fingerprint density at radius 2 is 1.67 bits per heavy atom. The Labute approximate surface area is 135 Å². The molecule has 0 spiro atoms. The molecule has 0 fully saturated rings. The summed E-state index contributed by atoms with van der Waals surface area (Å²) in [6.45, 7) is 3.85. The lowest BCUT2D eigenvalue weighted by molar-refractivity contribution is -0.409. The van der Waals surface area contributed by atoms with Gasteiger partial charge in [-0.1, -0.05) is 0 Å². The van der Waals surface area contributed by atoms with E-state index in [1.807, 2.05) is 0 Å². The van der Waals surface area contributed by atoms with E-state index in [1.165, 1.54) is 0 Å². The summed E-state index contributed by atoms with van der Waals surface area (Å²) in [5, 5.41) is 2.45. The fourth-order valence-electron chi connectivity index (χ4n) is 1.35. The minimum Gasteiger partial charge on any atom is -1.00 e. The van der Waals surface area contributed by atoms with E-state index in [0.717, 1.165) is 0 Å². The highest BCUT2D eigenvalue weighted by atomic mass is 35.5. The zero-order chi connectivity index (χ0) is 15.5. The summed E-state index contributed by atoms with van der Waals surface area (Å²) in [4.78, 5) is 34.4. The van der Waals surface area contributed by atoms with Crippen molar-refractivity contribution >= 4 is 29.4 Å². The number of esters is 2. The van der Waals surface area contributed by atoms with Crippen LogP contribution < -0.4 is 23.5 Å². The molecule has 0 radical (unpaired) electrons. The fraction of sp³-hybridized carbons (Fsp3) is 0.750. The van der Waals surface area contributed by atoms with Gasteiger partial charge in [0.1, 0.15) is 6.04 Å². The van der Waals surface area contributed by atoms with Crippen LogP contribution in [-0.2, 0) is 23.9 Å². The van der Waals surface area contributed by atoms with Crippen molar-refractivity contribution in [1.29, 1.82) is 0 Å². The molecular formula is C12H22Cl2N2O5. The molecule has 0 aromatic carbocycles. The van der Waals surface area contributed by atoms with Gasteiger partial charge in [0.2, 0.25) is 5.91 Å². The van der Waals surface area contributed by atoms with Crippen molar-refractivity contribution < 1.29 is 42.0 Å². The van der Waals surface area contributed by atoms with E-state index in [-0.39, 0.29) is 50.2 Å². The van der Waals surface area contributed by atoms with E-state index in [2.05, 4.69) is 11.1 Å². The van der Waals surface area contributed by atoms with Crippen LogP contribution >= 0.6 is 11.6 Å². The number of halogens is 2. The zero-order valence-corrected chi connectivity index (χ0v) is 13.7. The largest absolute Gasteiger partial charge is 1.00 e. The molecule has 0 aromatic rings. The molecule has 0 aliphatic heterocycles. The number of amides is 1. The molecule has 0 saturated carbocycles. The van der Waals surface area contributed by atoms with Crippen molar-refractivity contribution in [3.05, 3.63) is 0 Å². The summed E-state index contributed by atoms with van der Waals surface area (Å²) >= 11 is 5.59. The lowest BCUT2D eigenvalue weighted by Gasteiger charge is -2.14. The Morgan fingerprint density at radius 3 is 2.14 bits per heavy atom. The molecule has 0 bridgehead atoms. The number of carbonyl (C=O) groups excluding carboxylic acids is 3. The second kappa shape index (κ2) is 12.7. The Kier molecular flexibility index (Phi) is 13.4. The first-order valence-electron chi connectivity index (χ1n) is 6.47. The third-order valence-electron chi connectivity index (χ3n) is 2.40. The van der Waals surface area contributed by atoms with Gasteiger partial charge in [-0.15, -0.1) is 11.6 Å². The average Bonchev–Trinajstić information content (AvgIpc) is 2.42. The van der Waals surface area contributed by atoms with E-state index in [0.29, 0.717) is 0 Å². The number of alkyl halides is 1. The molecule has 0 rings (SSSR count). The summed E-state index contributed by atoms with van der Waals surface area (Å²) in [5.41, 5.74) is 3.62. The number of rotatable bonds is 9. The van der Waals surface area contributed by atoms with Gasteiger partial charge in [-0.05, 0) is 13.8 Å². The molecule has 0 heterocycles. The van der Waals surface area contributed by atoms with Crippen LogP contribution in [0.4, 0.5) is 0 Å². The minimum absolute atomic E-state index is 0. The highest BCUT2D eigenvalue weighted by Crippen LogP contribution is 1.99. The van der Waals surface area contributed by atoms with Gasteiger partial charge >= 0.3 is 11.9 Å². The van der Waals surface area contributed by atoms with Crippen molar-refractivity contribution in [3.63, 3.8) is 0 Å². The molecule has 4 N–H and O–H groups in total. The number of quaternary nitrogens is 1. The van der Waals surface area contributed by atoms with Gasteiger partial charge in [-0.2, -0.15) is 0 Å². The maximum absolute atomic E-state index is 11.6. The van der Waals surface area contributed by atoms with E-state index in [4.69, 9.17) is 21.1 Å². The van der Waals surface area contributed by atoms with Crippen LogP contribution in [-0.4, -0.2) is 49.0 Å². The summed E-state index contributed by atoms with van der Waals surface area (Å²) in [5.74, 6) is -1.48. The van der Waals surface area contributed by atoms with E-state index < -0.39 is 24.0 Å². The smallest absolute Gasteiger partial charge is 0.364 e. The Hall–Kier alpha value is -1.05. The van der Waals surface area contributed by atoms with Gasteiger partial charge in [0.15, 0.2) is 6.04 Å². The van der Waals surface area contributed by atoms with Crippen LogP contribution in [0.1, 0.15) is 26.7 Å². The van der Waals surface area contributed by atoms with Crippen LogP contribution in [0.3, 0.4) is 0 Å². The average molecular weight is 345 g/mol. The molecule has 2 atom stereocenters. The molecule has 0 aliphatic rings. The number of hydrogen-bond acceptors (Lipinski definition) is 5. The SMILES string of the molecule is CCOC(=O)[C@H](CCl)NC(=O)CC[C@H]([NH3+])C(=O)OCC.[Cl-]. The van der Waals surface area contributed by atoms with Gasteiger partial charge in [0.25, 0.3) is 0 Å². The summed E-state index contributed by atoms with van der Waals surface area (Å²) in [6.07, 6.45) is 0.294. The van der Waals surface area contributed by atoms with Crippen molar-refractivity contribution in [2.24, 2.45) is 0 Å². The third-order valence-corrected chi connectivity index (χ3v) is 2.71. The fourth-order valence-corrected chi connectivity index (χ4v) is 1.56. The van der Waals surface area contributed by atoms with Gasteiger partial charge in [-0.3, -0.25) is 4.79 Å². The molecule has 0 saturated heterocycles. The number of ether oxygens (including phenoxy) is 2. The molecule has 21 heavy (non-hydrogen) atoms. The number of carbonyl (C=O) groups is 3. The Bertz CT molecular complexity index is 342. The second-order valence-electron chi connectivity index (χ2n) is 4.01. The van der Waals surface area contributed by atoms with Crippen LogP contribution in [0, 0.1) is 0 Å².